The van der Waals surface area contributed by atoms with Gasteiger partial charge in [-0.2, -0.15) is 5.26 Å². The van der Waals surface area contributed by atoms with Crippen LogP contribution in [0.5, 0.6) is 0 Å². The van der Waals surface area contributed by atoms with E-state index in [0.717, 1.165) is 0 Å². The third-order valence-corrected chi connectivity index (χ3v) is 2.48. The van der Waals surface area contributed by atoms with E-state index in [9.17, 15) is 9.18 Å². The number of carbonyl (C=O) groups is 1. The predicted molar refractivity (Wildman–Crippen MR) is 64.3 cm³/mol. The number of benzene rings is 1. The molecule has 0 aliphatic rings. The molecule has 1 aromatic carbocycles. The Balaban J connectivity index is 3.03. The zero-order valence-electron chi connectivity index (χ0n) is 9.04. The van der Waals surface area contributed by atoms with E-state index in [2.05, 4.69) is 15.9 Å². The van der Waals surface area contributed by atoms with Gasteiger partial charge < -0.3 is 4.74 Å². The summed E-state index contributed by atoms with van der Waals surface area (Å²) in [7, 11) is 0. The zero-order chi connectivity index (χ0) is 12.8. The van der Waals surface area contributed by atoms with E-state index in [1.807, 2.05) is 0 Å². The zero-order valence-corrected chi connectivity index (χ0v) is 10.6. The van der Waals surface area contributed by atoms with Crippen LogP contribution in [0.15, 0.2) is 28.2 Å². The standard InChI is InChI=1S/C12H9BrFNO2/c1-2-17-12(16)9(7-15)5-8-3-4-11(14)10(13)6-8/h3-6H,2H2,1H3. The topological polar surface area (TPSA) is 50.1 Å². The first-order valence-electron chi connectivity index (χ1n) is 4.82. The summed E-state index contributed by atoms with van der Waals surface area (Å²) in [5.74, 6) is -1.09. The van der Waals surface area contributed by atoms with Crippen LogP contribution in [0.3, 0.4) is 0 Å². The highest BCUT2D eigenvalue weighted by Gasteiger charge is 2.10. The maximum absolute atomic E-state index is 13.0. The molecule has 0 spiro atoms. The molecule has 3 nitrogen and oxygen atoms in total. The number of carbonyl (C=O) groups excluding carboxylic acids is 1. The highest BCUT2D eigenvalue weighted by atomic mass is 79.9. The second-order valence-corrected chi connectivity index (χ2v) is 3.92. The van der Waals surface area contributed by atoms with Crippen molar-refractivity contribution in [3.05, 3.63) is 39.6 Å². The van der Waals surface area contributed by atoms with Gasteiger partial charge in [-0.25, -0.2) is 9.18 Å². The van der Waals surface area contributed by atoms with Crippen molar-refractivity contribution in [1.29, 1.82) is 5.26 Å². The van der Waals surface area contributed by atoms with Crippen molar-refractivity contribution >= 4 is 28.0 Å². The first-order chi connectivity index (χ1) is 8.08. The molecule has 0 saturated heterocycles. The number of esters is 1. The molecule has 1 aromatic rings. The summed E-state index contributed by atoms with van der Waals surface area (Å²) >= 11 is 3.02. The molecule has 0 aromatic heterocycles. The number of hydrogen-bond donors (Lipinski definition) is 0. The summed E-state index contributed by atoms with van der Waals surface area (Å²) in [6.45, 7) is 1.85. The Kier molecular flexibility index (Phi) is 4.85. The van der Waals surface area contributed by atoms with Crippen LogP contribution >= 0.6 is 15.9 Å². The van der Waals surface area contributed by atoms with Gasteiger partial charge in [-0.1, -0.05) is 6.07 Å². The molecular weight excluding hydrogens is 289 g/mol. The Morgan fingerprint density at radius 3 is 2.88 bits per heavy atom. The summed E-state index contributed by atoms with van der Waals surface area (Å²) in [6, 6.07) is 5.94. The lowest BCUT2D eigenvalue weighted by Gasteiger charge is -2.00. The fraction of sp³-hybridized carbons (Fsp3) is 0.167. The van der Waals surface area contributed by atoms with Crippen molar-refractivity contribution in [1.82, 2.24) is 0 Å². The lowest BCUT2D eigenvalue weighted by Crippen LogP contribution is -2.05. The lowest BCUT2D eigenvalue weighted by atomic mass is 10.1. The molecule has 0 N–H and O–H groups in total. The van der Waals surface area contributed by atoms with Gasteiger partial charge in [0.1, 0.15) is 17.5 Å². The number of halogens is 2. The maximum Gasteiger partial charge on any atom is 0.348 e. The Morgan fingerprint density at radius 2 is 2.35 bits per heavy atom. The Hall–Kier alpha value is -1.67. The quantitative estimate of drug-likeness (QED) is 0.489. The van der Waals surface area contributed by atoms with Gasteiger partial charge in [-0.05, 0) is 46.6 Å². The molecule has 0 radical (unpaired) electrons. The first kappa shape index (κ1) is 13.4. The third kappa shape index (κ3) is 3.68. The van der Waals surface area contributed by atoms with Crippen LogP contribution in [0.1, 0.15) is 12.5 Å². The van der Waals surface area contributed by atoms with Crippen LogP contribution in [-0.4, -0.2) is 12.6 Å². The third-order valence-electron chi connectivity index (χ3n) is 1.87. The molecule has 0 aliphatic heterocycles. The minimum absolute atomic E-state index is 0.120. The van der Waals surface area contributed by atoms with E-state index in [1.165, 1.54) is 24.3 Å². The van der Waals surface area contributed by atoms with E-state index < -0.39 is 11.8 Å². The van der Waals surface area contributed by atoms with Crippen molar-refractivity contribution in [3.63, 3.8) is 0 Å². The molecule has 0 aliphatic carbocycles. The van der Waals surface area contributed by atoms with E-state index in [-0.39, 0.29) is 16.7 Å². The lowest BCUT2D eigenvalue weighted by molar-refractivity contribution is -0.137. The van der Waals surface area contributed by atoms with Gasteiger partial charge in [-0.3, -0.25) is 0 Å². The average molecular weight is 298 g/mol. The van der Waals surface area contributed by atoms with E-state index in [4.69, 9.17) is 10.00 Å². The van der Waals surface area contributed by atoms with Gasteiger partial charge in [0.2, 0.25) is 0 Å². The summed E-state index contributed by atoms with van der Waals surface area (Å²) in [6.07, 6.45) is 1.35. The summed E-state index contributed by atoms with van der Waals surface area (Å²) in [5.41, 5.74) is 0.424. The van der Waals surface area contributed by atoms with Gasteiger partial charge >= 0.3 is 5.97 Å². The summed E-state index contributed by atoms with van der Waals surface area (Å²) in [5, 5.41) is 8.80. The van der Waals surface area contributed by atoms with Crippen LogP contribution in [0.25, 0.3) is 6.08 Å². The molecule has 0 unspecified atom stereocenters. The Bertz CT molecular complexity index is 506. The van der Waals surface area contributed by atoms with E-state index >= 15 is 0 Å². The summed E-state index contributed by atoms with van der Waals surface area (Å²) < 4.78 is 17.9. The molecule has 0 saturated carbocycles. The molecule has 0 heterocycles. The van der Waals surface area contributed by atoms with Gasteiger partial charge in [-0.15, -0.1) is 0 Å². The van der Waals surface area contributed by atoms with Crippen molar-refractivity contribution in [2.24, 2.45) is 0 Å². The number of ether oxygens (including phenoxy) is 1. The van der Waals surface area contributed by atoms with Crippen LogP contribution in [0.4, 0.5) is 4.39 Å². The fourth-order valence-corrected chi connectivity index (χ4v) is 1.51. The minimum atomic E-state index is -0.685. The van der Waals surface area contributed by atoms with Crippen LogP contribution in [0.2, 0.25) is 0 Å². The Morgan fingerprint density at radius 1 is 1.65 bits per heavy atom. The van der Waals surface area contributed by atoms with Gasteiger partial charge in [0.05, 0.1) is 11.1 Å². The molecule has 0 atom stereocenters. The second-order valence-electron chi connectivity index (χ2n) is 3.06. The molecule has 0 bridgehead atoms. The van der Waals surface area contributed by atoms with E-state index in [0.29, 0.717) is 5.56 Å². The highest BCUT2D eigenvalue weighted by molar-refractivity contribution is 9.10. The van der Waals surface area contributed by atoms with Crippen molar-refractivity contribution in [3.8, 4) is 6.07 Å². The molecule has 17 heavy (non-hydrogen) atoms. The molecule has 5 heteroatoms. The fourth-order valence-electron chi connectivity index (χ4n) is 1.11. The Labute approximate surface area is 107 Å². The van der Waals surface area contributed by atoms with Crippen molar-refractivity contribution in [2.45, 2.75) is 6.92 Å². The molecular formula is C12H9BrFNO2. The van der Waals surface area contributed by atoms with Crippen LogP contribution in [-0.2, 0) is 9.53 Å². The second kappa shape index (κ2) is 6.16. The maximum atomic E-state index is 13.0. The largest absolute Gasteiger partial charge is 0.462 e. The SMILES string of the molecule is CCOC(=O)C(C#N)=Cc1ccc(F)c(Br)c1. The molecule has 0 fully saturated rings. The molecule has 88 valence electrons. The van der Waals surface area contributed by atoms with Crippen LogP contribution < -0.4 is 0 Å². The molecule has 0 amide bonds. The van der Waals surface area contributed by atoms with Gasteiger partial charge in [0.15, 0.2) is 0 Å². The smallest absolute Gasteiger partial charge is 0.348 e. The normalized spacial score (nSPS) is 10.8. The molecule has 1 rings (SSSR count). The minimum Gasteiger partial charge on any atom is -0.462 e. The summed E-state index contributed by atoms with van der Waals surface area (Å²) in [4.78, 5) is 11.3. The van der Waals surface area contributed by atoms with Crippen molar-refractivity contribution in [2.75, 3.05) is 6.61 Å². The van der Waals surface area contributed by atoms with Crippen molar-refractivity contribution < 1.29 is 13.9 Å². The van der Waals surface area contributed by atoms with Gasteiger partial charge in [0, 0.05) is 0 Å². The number of hydrogen-bond acceptors (Lipinski definition) is 3. The monoisotopic (exact) mass is 297 g/mol. The highest BCUT2D eigenvalue weighted by Crippen LogP contribution is 2.18. The van der Waals surface area contributed by atoms with Crippen LogP contribution in [0, 0.1) is 17.1 Å². The van der Waals surface area contributed by atoms with Gasteiger partial charge in [0.25, 0.3) is 0 Å². The first-order valence-corrected chi connectivity index (χ1v) is 5.61. The average Bonchev–Trinajstić information content (AvgIpc) is 2.30. The number of rotatable bonds is 3. The predicted octanol–water partition coefficient (Wildman–Crippen LogP) is 3.06. The van der Waals surface area contributed by atoms with E-state index in [1.54, 1.807) is 13.0 Å². The number of nitrogens with zero attached hydrogens (tertiary/aromatic N) is 1. The number of nitriles is 1.